The highest BCUT2D eigenvalue weighted by Gasteiger charge is 2.30. The maximum Gasteiger partial charge on any atom is 0.129 e. The van der Waals surface area contributed by atoms with Gasteiger partial charge in [0.1, 0.15) is 5.78 Å². The van der Waals surface area contributed by atoms with Gasteiger partial charge in [0, 0.05) is 24.9 Å². The zero-order valence-electron chi connectivity index (χ0n) is 28.4. The summed E-state index contributed by atoms with van der Waals surface area (Å²) in [5, 5.41) is 1.31. The number of hydrogen-bond acceptors (Lipinski definition) is 1. The van der Waals surface area contributed by atoms with Crippen molar-refractivity contribution in [3.05, 3.63) is 78.0 Å². The first-order valence-corrected chi connectivity index (χ1v) is 16.6. The first-order chi connectivity index (χ1) is 19.9. The molecule has 0 bridgehead atoms. The van der Waals surface area contributed by atoms with Crippen LogP contribution in [0.25, 0.3) is 17.0 Å². The average molecular weight is 564 g/mol. The van der Waals surface area contributed by atoms with Crippen LogP contribution in [0, 0.1) is 5.92 Å². The van der Waals surface area contributed by atoms with Crippen LogP contribution in [0.4, 0.5) is 0 Å². The van der Waals surface area contributed by atoms with Crippen molar-refractivity contribution in [2.24, 2.45) is 5.92 Å². The van der Waals surface area contributed by atoms with Crippen molar-refractivity contribution >= 4 is 22.8 Å². The number of nitrogens with one attached hydrogen (secondary N) is 1. The van der Waals surface area contributed by atoms with Gasteiger partial charge in [0.25, 0.3) is 0 Å². The molecule has 1 aromatic heterocycles. The zero-order chi connectivity index (χ0) is 31.3. The lowest BCUT2D eigenvalue weighted by molar-refractivity contribution is -0.117. The molecule has 2 heteroatoms. The molecule has 1 N–H and O–H groups in total. The van der Waals surface area contributed by atoms with Gasteiger partial charge in [-0.1, -0.05) is 118 Å². The van der Waals surface area contributed by atoms with Crippen LogP contribution in [0.1, 0.15) is 151 Å². The van der Waals surface area contributed by atoms with Gasteiger partial charge in [0.05, 0.1) is 0 Å². The number of hydrogen-bond donors (Lipinski definition) is 1. The van der Waals surface area contributed by atoms with E-state index in [0.29, 0.717) is 23.5 Å². The number of aromatic amines is 1. The van der Waals surface area contributed by atoms with Gasteiger partial charge in [-0.3, -0.25) is 0 Å². The highest BCUT2D eigenvalue weighted by Crippen LogP contribution is 2.40. The van der Waals surface area contributed by atoms with Gasteiger partial charge in [-0.15, -0.1) is 0 Å². The van der Waals surface area contributed by atoms with E-state index < -0.39 is 0 Å². The summed E-state index contributed by atoms with van der Waals surface area (Å²) in [4.78, 5) is 14.4. The van der Waals surface area contributed by atoms with Crippen molar-refractivity contribution in [3.63, 3.8) is 0 Å². The highest BCUT2D eigenvalue weighted by atomic mass is 16.1. The Bertz CT molecular complexity index is 1080. The van der Waals surface area contributed by atoms with E-state index in [-0.39, 0.29) is 1.43 Å². The second kappa shape index (κ2) is 22.0. The smallest absolute Gasteiger partial charge is 0.129 e. The van der Waals surface area contributed by atoms with Gasteiger partial charge in [0.15, 0.2) is 0 Å². The number of carbonyl (C=O) groups excluding carboxylic acids is 1. The van der Waals surface area contributed by atoms with Gasteiger partial charge in [-0.05, 0) is 97.9 Å². The maximum atomic E-state index is 11.0. The molecular formula is C39H65NO. The standard InChI is InChI=1S/C19H25NO.C14H20.3C2H6.H2/c1-4-15-10-11-19-17(12-15)18(13-20-19)16(5-2)9-7-6-8-14(3)21;1-12-8-10-14(2,11-9-12)13-6-4-3-5-7-13;3*1-2;/h4,10-13,16,20H,1,5-9H2,2-3H3;3-7,12H,8-11H2,1-2H3;3*1-2H3;1H. The van der Waals surface area contributed by atoms with E-state index in [1.54, 1.807) is 6.92 Å². The second-order valence-electron chi connectivity index (χ2n) is 10.9. The predicted octanol–water partition coefficient (Wildman–Crippen LogP) is 12.9. The number of Topliss-reactive ketones (excluding diaryl/α,β-unsaturated/α-hetero) is 1. The minimum Gasteiger partial charge on any atom is -0.361 e. The molecule has 1 aliphatic rings. The molecule has 0 aliphatic heterocycles. The number of carbonyl (C=O) groups is 1. The Labute approximate surface area is 255 Å². The summed E-state index contributed by atoms with van der Waals surface area (Å²) < 4.78 is 0. The van der Waals surface area contributed by atoms with Crippen molar-refractivity contribution in [1.29, 1.82) is 0 Å². The van der Waals surface area contributed by atoms with Crippen LogP contribution in [0.15, 0.2) is 61.3 Å². The molecule has 1 saturated carbocycles. The predicted molar refractivity (Wildman–Crippen MR) is 188 cm³/mol. The highest BCUT2D eigenvalue weighted by molar-refractivity contribution is 5.86. The van der Waals surface area contributed by atoms with E-state index in [1.807, 2.05) is 47.6 Å². The molecule has 1 aliphatic carbocycles. The number of unbranched alkanes of at least 4 members (excludes halogenated alkanes) is 1. The Hall–Kier alpha value is -2.61. The van der Waals surface area contributed by atoms with Crippen molar-refractivity contribution in [2.75, 3.05) is 0 Å². The summed E-state index contributed by atoms with van der Waals surface area (Å²) in [6.45, 7) is 24.6. The Kier molecular flexibility index (Phi) is 20.6. The fourth-order valence-electron chi connectivity index (χ4n) is 5.50. The second-order valence-corrected chi connectivity index (χ2v) is 10.9. The third kappa shape index (κ3) is 12.8. The molecule has 0 amide bonds. The first kappa shape index (κ1) is 38.4. The minimum atomic E-state index is 0. The summed E-state index contributed by atoms with van der Waals surface area (Å²) >= 11 is 0. The summed E-state index contributed by atoms with van der Waals surface area (Å²) in [5.41, 5.74) is 5.74. The Morgan fingerprint density at radius 1 is 1.02 bits per heavy atom. The van der Waals surface area contributed by atoms with Crippen LogP contribution < -0.4 is 0 Å². The number of H-pyrrole nitrogens is 1. The van der Waals surface area contributed by atoms with Crippen LogP contribution >= 0.6 is 0 Å². The fraction of sp³-hybridized carbons (Fsp3) is 0.564. The molecule has 0 saturated heterocycles. The quantitative estimate of drug-likeness (QED) is 0.258. The van der Waals surface area contributed by atoms with Crippen LogP contribution in [-0.2, 0) is 10.2 Å². The Morgan fingerprint density at radius 2 is 1.63 bits per heavy atom. The average Bonchev–Trinajstić information content (AvgIpc) is 3.45. The van der Waals surface area contributed by atoms with Crippen LogP contribution in [0.2, 0.25) is 0 Å². The first-order valence-electron chi connectivity index (χ1n) is 16.6. The van der Waals surface area contributed by atoms with Crippen molar-refractivity contribution in [3.8, 4) is 0 Å². The molecule has 3 aromatic rings. The van der Waals surface area contributed by atoms with E-state index in [4.69, 9.17) is 0 Å². The van der Waals surface area contributed by atoms with Gasteiger partial charge in [-0.2, -0.15) is 0 Å². The molecule has 1 unspecified atom stereocenters. The lowest BCUT2D eigenvalue weighted by Crippen LogP contribution is -2.27. The molecule has 0 spiro atoms. The SMILES string of the molecule is C=Cc1ccc2[nH]cc(C(CC)CCCCC(C)=O)c2c1.CC.CC.CC.CC1CCC(C)(c2ccccc2)CC1.[HH]. The number of aromatic nitrogens is 1. The molecule has 1 fully saturated rings. The van der Waals surface area contributed by atoms with Crippen molar-refractivity contribution in [1.82, 2.24) is 4.98 Å². The van der Waals surface area contributed by atoms with Crippen molar-refractivity contribution < 1.29 is 6.22 Å². The molecule has 1 atom stereocenters. The largest absolute Gasteiger partial charge is 0.361 e. The number of ketones is 1. The van der Waals surface area contributed by atoms with E-state index >= 15 is 0 Å². The van der Waals surface area contributed by atoms with E-state index in [0.717, 1.165) is 37.2 Å². The molecule has 2 nitrogen and oxygen atoms in total. The molecule has 4 rings (SSSR count). The Morgan fingerprint density at radius 3 is 2.17 bits per heavy atom. The third-order valence-electron chi connectivity index (χ3n) is 8.09. The van der Waals surface area contributed by atoms with Crippen LogP contribution in [0.3, 0.4) is 0 Å². The summed E-state index contributed by atoms with van der Waals surface area (Å²) in [7, 11) is 0. The molecule has 1 heterocycles. The zero-order valence-corrected chi connectivity index (χ0v) is 28.4. The third-order valence-corrected chi connectivity index (χ3v) is 8.09. The molecule has 41 heavy (non-hydrogen) atoms. The van der Waals surface area contributed by atoms with Gasteiger partial charge >= 0.3 is 0 Å². The Balaban J connectivity index is 0. The minimum absolute atomic E-state index is 0. The monoisotopic (exact) mass is 564 g/mol. The molecular weight excluding hydrogens is 498 g/mol. The number of benzene rings is 2. The lowest BCUT2D eigenvalue weighted by Gasteiger charge is -2.36. The van der Waals surface area contributed by atoms with E-state index in [9.17, 15) is 4.79 Å². The summed E-state index contributed by atoms with van der Waals surface area (Å²) in [6, 6.07) is 17.4. The molecule has 2 aromatic carbocycles. The topological polar surface area (TPSA) is 32.9 Å². The van der Waals surface area contributed by atoms with Gasteiger partial charge in [-0.25, -0.2) is 0 Å². The van der Waals surface area contributed by atoms with E-state index in [1.165, 1.54) is 47.7 Å². The van der Waals surface area contributed by atoms with Crippen LogP contribution in [-0.4, -0.2) is 10.8 Å². The lowest BCUT2D eigenvalue weighted by atomic mass is 9.68. The van der Waals surface area contributed by atoms with Crippen LogP contribution in [0.5, 0.6) is 0 Å². The van der Waals surface area contributed by atoms with Gasteiger partial charge < -0.3 is 9.78 Å². The molecule has 0 radical (unpaired) electrons. The van der Waals surface area contributed by atoms with E-state index in [2.05, 4.69) is 87.1 Å². The summed E-state index contributed by atoms with van der Waals surface area (Å²) in [6.07, 6.45) is 14.7. The fourth-order valence-corrected chi connectivity index (χ4v) is 5.50. The van der Waals surface area contributed by atoms with Gasteiger partial charge in [0.2, 0.25) is 0 Å². The summed E-state index contributed by atoms with van der Waals surface area (Å²) in [5.74, 6) is 1.79. The maximum absolute atomic E-state index is 11.0. The normalized spacial score (nSPS) is 18.0. The van der Waals surface area contributed by atoms with Crippen molar-refractivity contribution in [2.45, 2.75) is 138 Å². The number of rotatable bonds is 9. The molecule has 232 valence electrons. The number of fused-ring (bicyclic) bond motifs is 1.